The molecule has 3 atom stereocenters. The van der Waals surface area contributed by atoms with Crippen LogP contribution in [0.25, 0.3) is 0 Å². The van der Waals surface area contributed by atoms with Crippen molar-refractivity contribution in [3.63, 3.8) is 0 Å². The number of hydrogen-bond donors (Lipinski definition) is 3. The largest absolute Gasteiger partial charge is 0.354 e. The molecule has 0 bridgehead atoms. The van der Waals surface area contributed by atoms with Crippen LogP contribution in [0.4, 0.5) is 0 Å². The van der Waals surface area contributed by atoms with Gasteiger partial charge in [-0.15, -0.1) is 0 Å². The Morgan fingerprint density at radius 2 is 2.10 bits per heavy atom. The average Bonchev–Trinajstić information content (AvgIpc) is 2.62. The summed E-state index contributed by atoms with van der Waals surface area (Å²) in [6, 6.07) is 8.64. The predicted octanol–water partition coefficient (Wildman–Crippen LogP) is 0.512. The third-order valence-electron chi connectivity index (χ3n) is 3.62. The molecule has 4 N–H and O–H groups in total. The minimum atomic E-state index is -0.623. The van der Waals surface area contributed by atoms with Crippen molar-refractivity contribution >= 4 is 11.8 Å². The summed E-state index contributed by atoms with van der Waals surface area (Å²) in [4.78, 5) is 24.0. The Morgan fingerprint density at radius 3 is 2.75 bits per heavy atom. The molecule has 2 rings (SSSR count). The zero-order valence-electron chi connectivity index (χ0n) is 11.6. The fourth-order valence-electron chi connectivity index (χ4n) is 2.50. The molecule has 1 aliphatic rings. The first-order chi connectivity index (χ1) is 9.59. The van der Waals surface area contributed by atoms with E-state index in [4.69, 9.17) is 5.73 Å². The fraction of sp³-hybridized carbons (Fsp3) is 0.467. The van der Waals surface area contributed by atoms with Crippen LogP contribution in [0, 0.1) is 0 Å². The van der Waals surface area contributed by atoms with Crippen LogP contribution >= 0.6 is 0 Å². The lowest BCUT2D eigenvalue weighted by molar-refractivity contribution is -0.129. The number of nitrogens with two attached hydrogens (primary N) is 1. The SMILES string of the molecule is C[C@H](N)C(=O)N[C@@H]1C(=O)NCCC[C@H]1c1ccccc1. The number of rotatable bonds is 3. The molecule has 5 nitrogen and oxygen atoms in total. The van der Waals surface area contributed by atoms with Crippen molar-refractivity contribution in [2.24, 2.45) is 5.73 Å². The Kier molecular flexibility index (Phi) is 4.74. The van der Waals surface area contributed by atoms with Gasteiger partial charge < -0.3 is 16.4 Å². The van der Waals surface area contributed by atoms with E-state index in [2.05, 4.69) is 10.6 Å². The lowest BCUT2D eigenvalue weighted by Crippen LogP contribution is -2.52. The van der Waals surface area contributed by atoms with Gasteiger partial charge in [0.15, 0.2) is 0 Å². The van der Waals surface area contributed by atoms with E-state index in [1.54, 1.807) is 6.92 Å². The highest BCUT2D eigenvalue weighted by atomic mass is 16.2. The quantitative estimate of drug-likeness (QED) is 0.751. The summed E-state index contributed by atoms with van der Waals surface area (Å²) in [5.74, 6) is -0.445. The molecule has 108 valence electrons. The summed E-state index contributed by atoms with van der Waals surface area (Å²) in [5.41, 5.74) is 6.65. The lowest BCUT2D eigenvalue weighted by Gasteiger charge is -2.25. The van der Waals surface area contributed by atoms with E-state index in [9.17, 15) is 9.59 Å². The molecule has 0 aliphatic carbocycles. The highest BCUT2D eigenvalue weighted by molar-refractivity contribution is 5.90. The summed E-state index contributed by atoms with van der Waals surface area (Å²) in [6.45, 7) is 2.26. The summed E-state index contributed by atoms with van der Waals surface area (Å²) in [6.07, 6.45) is 1.75. The molecule has 1 aromatic carbocycles. The van der Waals surface area contributed by atoms with Crippen molar-refractivity contribution in [3.8, 4) is 0 Å². The van der Waals surface area contributed by atoms with Gasteiger partial charge >= 0.3 is 0 Å². The van der Waals surface area contributed by atoms with Crippen molar-refractivity contribution < 1.29 is 9.59 Å². The monoisotopic (exact) mass is 275 g/mol. The third kappa shape index (κ3) is 3.36. The van der Waals surface area contributed by atoms with Crippen LogP contribution in [-0.2, 0) is 9.59 Å². The third-order valence-corrected chi connectivity index (χ3v) is 3.62. The molecule has 20 heavy (non-hydrogen) atoms. The van der Waals surface area contributed by atoms with Gasteiger partial charge in [-0.1, -0.05) is 30.3 Å². The Hall–Kier alpha value is -1.88. The molecule has 0 spiro atoms. The average molecular weight is 275 g/mol. The molecule has 1 saturated heterocycles. The number of carbonyl (C=O) groups excluding carboxylic acids is 2. The number of benzene rings is 1. The van der Waals surface area contributed by atoms with Gasteiger partial charge in [0.05, 0.1) is 6.04 Å². The fourth-order valence-corrected chi connectivity index (χ4v) is 2.50. The highest BCUT2D eigenvalue weighted by Gasteiger charge is 2.33. The van der Waals surface area contributed by atoms with Crippen LogP contribution in [0.1, 0.15) is 31.2 Å². The van der Waals surface area contributed by atoms with Gasteiger partial charge in [0.25, 0.3) is 0 Å². The van der Waals surface area contributed by atoms with Crippen LogP contribution in [0.2, 0.25) is 0 Å². The molecule has 1 fully saturated rings. The first kappa shape index (κ1) is 14.5. The molecule has 0 saturated carbocycles. The van der Waals surface area contributed by atoms with Gasteiger partial charge in [0.2, 0.25) is 11.8 Å². The second-order valence-electron chi connectivity index (χ2n) is 5.23. The topological polar surface area (TPSA) is 84.2 Å². The Bertz CT molecular complexity index is 473. The summed E-state index contributed by atoms with van der Waals surface area (Å²) in [5, 5.41) is 5.62. The van der Waals surface area contributed by atoms with E-state index in [0.717, 1.165) is 18.4 Å². The van der Waals surface area contributed by atoms with E-state index in [1.165, 1.54) is 0 Å². The number of amides is 2. The molecule has 1 heterocycles. The van der Waals surface area contributed by atoms with Crippen molar-refractivity contribution in [2.45, 2.75) is 37.8 Å². The minimum absolute atomic E-state index is 0.0126. The number of hydrogen-bond acceptors (Lipinski definition) is 3. The summed E-state index contributed by atoms with van der Waals surface area (Å²) >= 11 is 0. The first-order valence-corrected chi connectivity index (χ1v) is 6.98. The summed E-state index contributed by atoms with van der Waals surface area (Å²) < 4.78 is 0. The van der Waals surface area contributed by atoms with Crippen LogP contribution in [0.15, 0.2) is 30.3 Å². The molecule has 0 radical (unpaired) electrons. The standard InChI is InChI=1S/C15H21N3O2/c1-10(16)14(19)18-13-12(8-5-9-17-15(13)20)11-6-3-2-4-7-11/h2-4,6-7,10,12-13H,5,8-9,16H2,1H3,(H,17,20)(H,18,19)/t10-,12-,13-/m0/s1. The molecule has 2 amide bonds. The van der Waals surface area contributed by atoms with Crippen LogP contribution in [-0.4, -0.2) is 30.4 Å². The smallest absolute Gasteiger partial charge is 0.243 e. The van der Waals surface area contributed by atoms with Crippen LogP contribution < -0.4 is 16.4 Å². The first-order valence-electron chi connectivity index (χ1n) is 6.98. The zero-order valence-corrected chi connectivity index (χ0v) is 11.6. The maximum absolute atomic E-state index is 12.2. The van der Waals surface area contributed by atoms with E-state index >= 15 is 0 Å². The molecule has 5 heteroatoms. The van der Waals surface area contributed by atoms with Crippen LogP contribution in [0.3, 0.4) is 0 Å². The van der Waals surface area contributed by atoms with Crippen LogP contribution in [0.5, 0.6) is 0 Å². The van der Waals surface area contributed by atoms with Gasteiger partial charge in [-0.3, -0.25) is 9.59 Å². The molecule has 1 aliphatic heterocycles. The van der Waals surface area contributed by atoms with Gasteiger partial charge in [-0.05, 0) is 25.3 Å². The maximum Gasteiger partial charge on any atom is 0.243 e. The van der Waals surface area contributed by atoms with E-state index in [0.29, 0.717) is 6.54 Å². The van der Waals surface area contributed by atoms with Crippen molar-refractivity contribution in [1.82, 2.24) is 10.6 Å². The molecule has 0 unspecified atom stereocenters. The van der Waals surface area contributed by atoms with E-state index in [-0.39, 0.29) is 17.7 Å². The lowest BCUT2D eigenvalue weighted by atomic mass is 9.87. The molecule has 0 aromatic heterocycles. The van der Waals surface area contributed by atoms with Crippen molar-refractivity contribution in [1.29, 1.82) is 0 Å². The van der Waals surface area contributed by atoms with Gasteiger partial charge in [-0.25, -0.2) is 0 Å². The normalized spacial score (nSPS) is 24.4. The molecular formula is C15H21N3O2. The summed E-state index contributed by atoms with van der Waals surface area (Å²) in [7, 11) is 0. The Labute approximate surface area is 118 Å². The number of nitrogens with one attached hydrogen (secondary N) is 2. The highest BCUT2D eigenvalue weighted by Crippen LogP contribution is 2.26. The second kappa shape index (κ2) is 6.52. The Morgan fingerprint density at radius 1 is 1.40 bits per heavy atom. The zero-order chi connectivity index (χ0) is 14.5. The van der Waals surface area contributed by atoms with Crippen molar-refractivity contribution in [3.05, 3.63) is 35.9 Å². The predicted molar refractivity (Wildman–Crippen MR) is 77.0 cm³/mol. The Balaban J connectivity index is 2.24. The van der Waals surface area contributed by atoms with Gasteiger partial charge in [-0.2, -0.15) is 0 Å². The van der Waals surface area contributed by atoms with Gasteiger partial charge in [0, 0.05) is 12.5 Å². The second-order valence-corrected chi connectivity index (χ2v) is 5.23. The molecular weight excluding hydrogens is 254 g/mol. The minimum Gasteiger partial charge on any atom is -0.354 e. The van der Waals surface area contributed by atoms with E-state index in [1.807, 2.05) is 30.3 Å². The van der Waals surface area contributed by atoms with Crippen molar-refractivity contribution in [2.75, 3.05) is 6.54 Å². The van der Waals surface area contributed by atoms with E-state index < -0.39 is 12.1 Å². The van der Waals surface area contributed by atoms with Gasteiger partial charge in [0.1, 0.15) is 6.04 Å². The maximum atomic E-state index is 12.2. The number of carbonyl (C=O) groups is 2. The molecule has 1 aromatic rings.